The SMILES string of the molecule is COc1c2c(nc3c(Cl)cccc13)C(=O)CCC2. The number of Topliss-reactive ketones (excluding diaryl/α,β-unsaturated/α-hetero) is 1. The Balaban J connectivity index is 2.43. The van der Waals surface area contributed by atoms with E-state index in [0.717, 1.165) is 29.5 Å². The van der Waals surface area contributed by atoms with Crippen molar-refractivity contribution in [2.45, 2.75) is 19.3 Å². The van der Waals surface area contributed by atoms with Gasteiger partial charge in [-0.2, -0.15) is 0 Å². The molecule has 2 aromatic rings. The van der Waals surface area contributed by atoms with Gasteiger partial charge in [0.15, 0.2) is 5.78 Å². The summed E-state index contributed by atoms with van der Waals surface area (Å²) in [6.07, 6.45) is 2.24. The first-order chi connectivity index (χ1) is 8.72. The number of ether oxygens (including phenoxy) is 1. The molecule has 3 nitrogen and oxygen atoms in total. The molecule has 0 radical (unpaired) electrons. The highest BCUT2D eigenvalue weighted by Gasteiger charge is 2.24. The van der Waals surface area contributed by atoms with Crippen LogP contribution in [-0.4, -0.2) is 17.9 Å². The Morgan fingerprint density at radius 1 is 1.33 bits per heavy atom. The van der Waals surface area contributed by atoms with Gasteiger partial charge in [0.2, 0.25) is 0 Å². The van der Waals surface area contributed by atoms with Gasteiger partial charge in [0, 0.05) is 17.4 Å². The van der Waals surface area contributed by atoms with Crippen molar-refractivity contribution in [2.75, 3.05) is 7.11 Å². The summed E-state index contributed by atoms with van der Waals surface area (Å²) in [6.45, 7) is 0. The minimum Gasteiger partial charge on any atom is -0.496 e. The average molecular weight is 262 g/mol. The summed E-state index contributed by atoms with van der Waals surface area (Å²) >= 11 is 6.15. The molecule has 1 aromatic carbocycles. The van der Waals surface area contributed by atoms with Crippen molar-refractivity contribution < 1.29 is 9.53 Å². The predicted molar refractivity (Wildman–Crippen MR) is 70.6 cm³/mol. The molecular formula is C14H12ClNO2. The van der Waals surface area contributed by atoms with E-state index in [9.17, 15) is 4.79 Å². The number of rotatable bonds is 1. The molecule has 0 N–H and O–H groups in total. The van der Waals surface area contributed by atoms with Gasteiger partial charge >= 0.3 is 0 Å². The maximum absolute atomic E-state index is 11.9. The summed E-state index contributed by atoms with van der Waals surface area (Å²) in [7, 11) is 1.62. The number of carbonyl (C=O) groups excluding carboxylic acids is 1. The van der Waals surface area contributed by atoms with Gasteiger partial charge in [0.05, 0.1) is 17.6 Å². The monoisotopic (exact) mass is 261 g/mol. The van der Waals surface area contributed by atoms with Crippen LogP contribution in [0, 0.1) is 0 Å². The van der Waals surface area contributed by atoms with E-state index in [1.807, 2.05) is 12.1 Å². The van der Waals surface area contributed by atoms with E-state index < -0.39 is 0 Å². The van der Waals surface area contributed by atoms with Crippen LogP contribution >= 0.6 is 11.6 Å². The van der Waals surface area contributed by atoms with Gasteiger partial charge in [-0.15, -0.1) is 0 Å². The van der Waals surface area contributed by atoms with E-state index >= 15 is 0 Å². The second-order valence-corrected chi connectivity index (χ2v) is 4.79. The van der Waals surface area contributed by atoms with Crippen molar-refractivity contribution in [3.8, 4) is 5.75 Å². The van der Waals surface area contributed by atoms with Crippen LogP contribution in [0.15, 0.2) is 18.2 Å². The fourth-order valence-electron chi connectivity index (χ4n) is 2.50. The van der Waals surface area contributed by atoms with Crippen molar-refractivity contribution in [3.63, 3.8) is 0 Å². The fourth-order valence-corrected chi connectivity index (χ4v) is 2.72. The third-order valence-corrected chi connectivity index (χ3v) is 3.62. The Bertz CT molecular complexity index is 652. The van der Waals surface area contributed by atoms with Gasteiger partial charge in [0.1, 0.15) is 11.4 Å². The smallest absolute Gasteiger partial charge is 0.181 e. The summed E-state index contributed by atoms with van der Waals surface area (Å²) in [5, 5.41) is 1.42. The minimum absolute atomic E-state index is 0.0800. The first kappa shape index (κ1) is 11.5. The topological polar surface area (TPSA) is 39.2 Å². The molecule has 0 bridgehead atoms. The number of nitrogens with zero attached hydrogens (tertiary/aromatic N) is 1. The zero-order chi connectivity index (χ0) is 12.7. The largest absolute Gasteiger partial charge is 0.496 e. The van der Waals surface area contributed by atoms with Crippen molar-refractivity contribution in [1.29, 1.82) is 0 Å². The standard InChI is InChI=1S/C14H12ClNO2/c1-18-14-8-4-2-6-10(15)12(8)16-13-9(14)5-3-7-11(13)17/h2,4,6H,3,5,7H2,1H3. The third kappa shape index (κ3) is 1.58. The lowest BCUT2D eigenvalue weighted by Crippen LogP contribution is -2.14. The predicted octanol–water partition coefficient (Wildman–Crippen LogP) is 3.42. The quantitative estimate of drug-likeness (QED) is 0.790. The number of fused-ring (bicyclic) bond motifs is 2. The minimum atomic E-state index is 0.0800. The van der Waals surface area contributed by atoms with Gasteiger partial charge < -0.3 is 4.74 Å². The van der Waals surface area contributed by atoms with E-state index in [1.54, 1.807) is 13.2 Å². The first-order valence-corrected chi connectivity index (χ1v) is 6.28. The van der Waals surface area contributed by atoms with Crippen molar-refractivity contribution in [1.82, 2.24) is 4.98 Å². The molecule has 0 amide bonds. The summed E-state index contributed by atoms with van der Waals surface area (Å²) in [5.74, 6) is 0.821. The number of benzene rings is 1. The first-order valence-electron chi connectivity index (χ1n) is 5.90. The highest BCUT2D eigenvalue weighted by Crippen LogP contribution is 2.36. The number of pyridine rings is 1. The molecule has 0 saturated heterocycles. The van der Waals surface area contributed by atoms with Crippen molar-refractivity contribution >= 4 is 28.3 Å². The third-order valence-electron chi connectivity index (χ3n) is 3.31. The molecule has 1 aromatic heterocycles. The van der Waals surface area contributed by atoms with Crippen molar-refractivity contribution in [2.24, 2.45) is 0 Å². The lowest BCUT2D eigenvalue weighted by atomic mass is 9.92. The summed E-state index contributed by atoms with van der Waals surface area (Å²) in [5.41, 5.74) is 2.09. The zero-order valence-corrected chi connectivity index (χ0v) is 10.8. The molecular weight excluding hydrogens is 250 g/mol. The molecule has 0 aliphatic heterocycles. The van der Waals surface area contributed by atoms with Crippen LogP contribution in [0.5, 0.6) is 5.75 Å². The average Bonchev–Trinajstić information content (AvgIpc) is 2.38. The van der Waals surface area contributed by atoms with Crippen LogP contribution in [0.2, 0.25) is 5.02 Å². The Hall–Kier alpha value is -1.61. The second kappa shape index (κ2) is 4.25. The fraction of sp³-hybridized carbons (Fsp3) is 0.286. The number of halogens is 1. The molecule has 0 spiro atoms. The van der Waals surface area contributed by atoms with E-state index in [1.165, 1.54) is 0 Å². The maximum Gasteiger partial charge on any atom is 0.181 e. The number of aromatic nitrogens is 1. The molecule has 0 unspecified atom stereocenters. The summed E-state index contributed by atoms with van der Waals surface area (Å²) in [4.78, 5) is 16.4. The van der Waals surface area contributed by atoms with Crippen molar-refractivity contribution in [3.05, 3.63) is 34.5 Å². The Labute approximate surface area is 110 Å². The van der Waals surface area contributed by atoms with Gasteiger partial charge in [0.25, 0.3) is 0 Å². The molecule has 18 heavy (non-hydrogen) atoms. The van der Waals surface area contributed by atoms with Crippen LogP contribution < -0.4 is 4.74 Å². The molecule has 92 valence electrons. The van der Waals surface area contributed by atoms with E-state index in [4.69, 9.17) is 16.3 Å². The molecule has 3 rings (SSSR count). The molecule has 4 heteroatoms. The summed E-state index contributed by atoms with van der Waals surface area (Å²) < 4.78 is 5.48. The van der Waals surface area contributed by atoms with Gasteiger partial charge in [-0.3, -0.25) is 4.79 Å². The molecule has 0 saturated carbocycles. The molecule has 1 heterocycles. The van der Waals surface area contributed by atoms with Gasteiger partial charge in [-0.05, 0) is 25.0 Å². The Kier molecular flexibility index (Phi) is 2.71. The van der Waals surface area contributed by atoms with E-state index in [2.05, 4.69) is 4.98 Å². The number of hydrogen-bond acceptors (Lipinski definition) is 3. The summed E-state index contributed by atoms with van der Waals surface area (Å²) in [6, 6.07) is 5.56. The molecule has 1 aliphatic carbocycles. The van der Waals surface area contributed by atoms with E-state index in [-0.39, 0.29) is 5.78 Å². The number of ketones is 1. The number of hydrogen-bond donors (Lipinski definition) is 0. The van der Waals surface area contributed by atoms with Crippen LogP contribution in [0.3, 0.4) is 0 Å². The highest BCUT2D eigenvalue weighted by atomic mass is 35.5. The number of methoxy groups -OCH3 is 1. The number of carbonyl (C=O) groups is 1. The van der Waals surface area contributed by atoms with Gasteiger partial charge in [-0.25, -0.2) is 4.98 Å². The molecule has 1 aliphatic rings. The van der Waals surface area contributed by atoms with Crippen LogP contribution in [0.1, 0.15) is 28.9 Å². The highest BCUT2D eigenvalue weighted by molar-refractivity contribution is 6.35. The lowest BCUT2D eigenvalue weighted by Gasteiger charge is -2.19. The molecule has 0 atom stereocenters. The normalized spacial score (nSPS) is 14.7. The number of para-hydroxylation sites is 1. The Morgan fingerprint density at radius 3 is 2.94 bits per heavy atom. The van der Waals surface area contributed by atoms with Crippen LogP contribution in [-0.2, 0) is 6.42 Å². The molecule has 0 fully saturated rings. The van der Waals surface area contributed by atoms with Crippen LogP contribution in [0.25, 0.3) is 10.9 Å². The lowest BCUT2D eigenvalue weighted by molar-refractivity contribution is 0.0967. The maximum atomic E-state index is 11.9. The van der Waals surface area contributed by atoms with Gasteiger partial charge in [-0.1, -0.05) is 17.7 Å². The van der Waals surface area contributed by atoms with E-state index in [0.29, 0.717) is 22.7 Å². The Morgan fingerprint density at radius 2 is 2.17 bits per heavy atom. The zero-order valence-electron chi connectivity index (χ0n) is 10.00. The van der Waals surface area contributed by atoms with Crippen LogP contribution in [0.4, 0.5) is 0 Å². The second-order valence-electron chi connectivity index (χ2n) is 4.38.